The van der Waals surface area contributed by atoms with Crippen LogP contribution in [0.3, 0.4) is 0 Å². The van der Waals surface area contributed by atoms with Crippen molar-refractivity contribution in [3.05, 3.63) is 58.9 Å². The summed E-state index contributed by atoms with van der Waals surface area (Å²) in [5.74, 6) is 0.532. The molecule has 0 bridgehead atoms. The summed E-state index contributed by atoms with van der Waals surface area (Å²) < 4.78 is 19.4. The van der Waals surface area contributed by atoms with Crippen LogP contribution in [-0.4, -0.2) is 4.99 Å². The Labute approximate surface area is 142 Å². The minimum atomic E-state index is -0.283. The summed E-state index contributed by atoms with van der Waals surface area (Å²) in [6.45, 7) is 6.41. The number of aryl methyl sites for hydroxylation is 2. The van der Waals surface area contributed by atoms with Crippen molar-refractivity contribution in [3.8, 4) is 5.75 Å². The SMILES string of the molecule is CCC(=S)Nc1ccc(F)cc1COc1ccc(CC)cc1C. The molecule has 0 aliphatic heterocycles. The fourth-order valence-corrected chi connectivity index (χ4v) is 2.40. The van der Waals surface area contributed by atoms with Crippen LogP contribution in [0.5, 0.6) is 5.75 Å². The number of anilines is 1. The quantitative estimate of drug-likeness (QED) is 0.714. The summed E-state index contributed by atoms with van der Waals surface area (Å²) in [5.41, 5.74) is 3.90. The van der Waals surface area contributed by atoms with Gasteiger partial charge in [0.25, 0.3) is 0 Å². The largest absolute Gasteiger partial charge is 0.489 e. The van der Waals surface area contributed by atoms with Crippen molar-refractivity contribution in [1.82, 2.24) is 0 Å². The molecule has 0 saturated carbocycles. The highest BCUT2D eigenvalue weighted by Gasteiger charge is 2.08. The molecule has 0 fully saturated rings. The molecule has 0 atom stereocenters. The molecule has 0 unspecified atom stereocenters. The third kappa shape index (κ3) is 4.76. The molecule has 1 N–H and O–H groups in total. The Hall–Kier alpha value is -1.94. The Morgan fingerprint density at radius 2 is 1.96 bits per heavy atom. The molecule has 122 valence electrons. The molecule has 0 aromatic heterocycles. The summed E-state index contributed by atoms with van der Waals surface area (Å²) >= 11 is 5.21. The lowest BCUT2D eigenvalue weighted by Crippen LogP contribution is -2.10. The molecular formula is C19H22FNOS. The van der Waals surface area contributed by atoms with Gasteiger partial charge in [-0.05, 0) is 55.2 Å². The Balaban J connectivity index is 2.16. The summed E-state index contributed by atoms with van der Waals surface area (Å²) in [6.07, 6.45) is 1.73. The molecular weight excluding hydrogens is 309 g/mol. The zero-order valence-electron chi connectivity index (χ0n) is 13.8. The van der Waals surface area contributed by atoms with Gasteiger partial charge in [0.2, 0.25) is 0 Å². The van der Waals surface area contributed by atoms with Gasteiger partial charge in [0.15, 0.2) is 0 Å². The fourth-order valence-electron chi connectivity index (χ4n) is 2.29. The van der Waals surface area contributed by atoms with Crippen molar-refractivity contribution in [3.63, 3.8) is 0 Å². The molecule has 2 rings (SSSR count). The standard InChI is InChI=1S/C19H22FNOS/c1-4-14-6-9-18(13(3)10-14)22-12-15-11-16(20)7-8-17(15)21-19(23)5-2/h6-11H,4-5,12H2,1-3H3,(H,21,23). The minimum Gasteiger partial charge on any atom is -0.489 e. The van der Waals surface area contributed by atoms with Crippen molar-refractivity contribution in [2.24, 2.45) is 0 Å². The number of benzene rings is 2. The highest BCUT2D eigenvalue weighted by atomic mass is 32.1. The van der Waals surface area contributed by atoms with E-state index in [0.29, 0.717) is 6.61 Å². The predicted octanol–water partition coefficient (Wildman–Crippen LogP) is 5.42. The van der Waals surface area contributed by atoms with E-state index in [-0.39, 0.29) is 5.82 Å². The lowest BCUT2D eigenvalue weighted by Gasteiger charge is -2.15. The van der Waals surface area contributed by atoms with Crippen molar-refractivity contribution in [2.45, 2.75) is 40.2 Å². The van der Waals surface area contributed by atoms with E-state index in [1.807, 2.05) is 19.9 Å². The highest BCUT2D eigenvalue weighted by Crippen LogP contribution is 2.24. The van der Waals surface area contributed by atoms with E-state index >= 15 is 0 Å². The van der Waals surface area contributed by atoms with Crippen LogP contribution in [0, 0.1) is 12.7 Å². The van der Waals surface area contributed by atoms with Crippen LogP contribution in [-0.2, 0) is 13.0 Å². The molecule has 0 saturated heterocycles. The Bertz CT molecular complexity index is 700. The number of hydrogen-bond donors (Lipinski definition) is 1. The second kappa shape index (κ2) is 8.06. The first kappa shape index (κ1) is 17.4. The zero-order valence-corrected chi connectivity index (χ0v) is 14.6. The maximum absolute atomic E-state index is 13.6. The van der Waals surface area contributed by atoms with Crippen molar-refractivity contribution < 1.29 is 9.13 Å². The van der Waals surface area contributed by atoms with Gasteiger partial charge in [-0.3, -0.25) is 0 Å². The second-order valence-corrected chi connectivity index (χ2v) is 5.94. The molecule has 0 spiro atoms. The molecule has 23 heavy (non-hydrogen) atoms. The molecule has 2 nitrogen and oxygen atoms in total. The van der Waals surface area contributed by atoms with Gasteiger partial charge in [0.05, 0.1) is 4.99 Å². The van der Waals surface area contributed by atoms with Crippen LogP contribution < -0.4 is 10.1 Å². The number of rotatable bonds is 6. The first-order chi connectivity index (χ1) is 11.0. The number of thiocarbonyl (C=S) groups is 1. The molecule has 2 aromatic rings. The van der Waals surface area contributed by atoms with Gasteiger partial charge >= 0.3 is 0 Å². The van der Waals surface area contributed by atoms with Crippen LogP contribution in [0.1, 0.15) is 37.0 Å². The molecule has 0 amide bonds. The van der Waals surface area contributed by atoms with Gasteiger partial charge in [-0.15, -0.1) is 0 Å². The molecule has 0 aliphatic carbocycles. The smallest absolute Gasteiger partial charge is 0.123 e. The van der Waals surface area contributed by atoms with E-state index in [0.717, 1.165) is 40.4 Å². The normalized spacial score (nSPS) is 10.4. The second-order valence-electron chi connectivity index (χ2n) is 5.45. The van der Waals surface area contributed by atoms with Crippen molar-refractivity contribution in [2.75, 3.05) is 5.32 Å². The maximum atomic E-state index is 13.6. The summed E-state index contributed by atoms with van der Waals surface area (Å²) in [6, 6.07) is 10.7. The van der Waals surface area contributed by atoms with Crippen molar-refractivity contribution in [1.29, 1.82) is 0 Å². The van der Waals surface area contributed by atoms with Gasteiger partial charge in [-0.1, -0.05) is 38.2 Å². The summed E-state index contributed by atoms with van der Waals surface area (Å²) in [5, 5.41) is 3.14. The third-order valence-electron chi connectivity index (χ3n) is 3.69. The van der Waals surface area contributed by atoms with Gasteiger partial charge in [-0.2, -0.15) is 0 Å². The average molecular weight is 331 g/mol. The Kier molecular flexibility index (Phi) is 6.11. The molecule has 0 aliphatic rings. The first-order valence-corrected chi connectivity index (χ1v) is 8.25. The molecule has 0 radical (unpaired) electrons. The molecule has 2 aromatic carbocycles. The minimum absolute atomic E-state index is 0.283. The lowest BCUT2D eigenvalue weighted by atomic mass is 10.1. The van der Waals surface area contributed by atoms with E-state index in [1.165, 1.54) is 17.7 Å². The number of ether oxygens (including phenoxy) is 1. The van der Waals surface area contributed by atoms with E-state index in [2.05, 4.69) is 24.4 Å². The lowest BCUT2D eigenvalue weighted by molar-refractivity contribution is 0.304. The first-order valence-electron chi connectivity index (χ1n) is 7.84. The highest BCUT2D eigenvalue weighted by molar-refractivity contribution is 7.80. The number of halogens is 1. The maximum Gasteiger partial charge on any atom is 0.123 e. The van der Waals surface area contributed by atoms with E-state index < -0.39 is 0 Å². The predicted molar refractivity (Wildman–Crippen MR) is 97.8 cm³/mol. The van der Waals surface area contributed by atoms with Crippen molar-refractivity contribution >= 4 is 22.9 Å². The fraction of sp³-hybridized carbons (Fsp3) is 0.316. The van der Waals surface area contributed by atoms with Gasteiger partial charge in [-0.25, -0.2) is 4.39 Å². The Morgan fingerprint density at radius 3 is 2.61 bits per heavy atom. The van der Waals surface area contributed by atoms with Crippen LogP contribution >= 0.6 is 12.2 Å². The van der Waals surface area contributed by atoms with Gasteiger partial charge in [0.1, 0.15) is 18.2 Å². The van der Waals surface area contributed by atoms with Gasteiger partial charge in [0, 0.05) is 11.3 Å². The van der Waals surface area contributed by atoms with Crippen LogP contribution in [0.2, 0.25) is 0 Å². The average Bonchev–Trinajstić information content (AvgIpc) is 2.55. The van der Waals surface area contributed by atoms with E-state index in [9.17, 15) is 4.39 Å². The topological polar surface area (TPSA) is 21.3 Å². The monoisotopic (exact) mass is 331 g/mol. The summed E-state index contributed by atoms with van der Waals surface area (Å²) in [7, 11) is 0. The van der Waals surface area contributed by atoms with E-state index in [1.54, 1.807) is 6.07 Å². The molecule has 4 heteroatoms. The summed E-state index contributed by atoms with van der Waals surface area (Å²) in [4.78, 5) is 0.723. The third-order valence-corrected chi connectivity index (χ3v) is 4.08. The van der Waals surface area contributed by atoms with Crippen LogP contribution in [0.4, 0.5) is 10.1 Å². The number of hydrogen-bond acceptors (Lipinski definition) is 2. The van der Waals surface area contributed by atoms with E-state index in [4.69, 9.17) is 17.0 Å². The zero-order chi connectivity index (χ0) is 16.8. The Morgan fingerprint density at radius 1 is 1.17 bits per heavy atom. The molecule has 0 heterocycles. The van der Waals surface area contributed by atoms with Crippen LogP contribution in [0.25, 0.3) is 0 Å². The van der Waals surface area contributed by atoms with Crippen LogP contribution in [0.15, 0.2) is 36.4 Å². The van der Waals surface area contributed by atoms with Gasteiger partial charge < -0.3 is 10.1 Å². The number of nitrogens with one attached hydrogen (secondary N) is 1.